The summed E-state index contributed by atoms with van der Waals surface area (Å²) in [5, 5.41) is 3.30. The molecule has 22 heavy (non-hydrogen) atoms. The van der Waals surface area contributed by atoms with Gasteiger partial charge in [0, 0.05) is 25.2 Å². The third-order valence-electron chi connectivity index (χ3n) is 4.70. The molecule has 1 amide bonds. The fourth-order valence-electron chi connectivity index (χ4n) is 3.29. The molecule has 1 N–H and O–H groups in total. The lowest BCUT2D eigenvalue weighted by Crippen LogP contribution is -2.47. The number of carbonyl (C=O) groups excluding carboxylic acids is 1. The summed E-state index contributed by atoms with van der Waals surface area (Å²) in [6.45, 7) is 8.81. The molecule has 0 spiro atoms. The molecule has 3 nitrogen and oxygen atoms in total. The van der Waals surface area contributed by atoms with E-state index in [9.17, 15) is 4.79 Å². The lowest BCUT2D eigenvalue weighted by molar-refractivity contribution is -0.123. The number of hydrogen-bond donors (Lipinski definition) is 1. The number of likely N-dealkylation sites (tertiary alicyclic amines) is 1. The van der Waals surface area contributed by atoms with Crippen molar-refractivity contribution < 1.29 is 4.79 Å². The third-order valence-corrected chi connectivity index (χ3v) is 4.70. The molecule has 1 aliphatic heterocycles. The number of nitrogens with one attached hydrogen (secondary N) is 1. The topological polar surface area (TPSA) is 32.3 Å². The second-order valence-corrected chi connectivity index (χ2v) is 6.66. The van der Waals surface area contributed by atoms with Gasteiger partial charge in [-0.25, -0.2) is 0 Å². The van der Waals surface area contributed by atoms with Crippen LogP contribution in [0.25, 0.3) is 0 Å². The van der Waals surface area contributed by atoms with Crippen LogP contribution in [0.5, 0.6) is 0 Å². The Morgan fingerprint density at radius 2 is 1.86 bits per heavy atom. The van der Waals surface area contributed by atoms with E-state index in [4.69, 9.17) is 0 Å². The lowest BCUT2D eigenvalue weighted by Gasteiger charge is -2.35. The van der Waals surface area contributed by atoms with Gasteiger partial charge in [-0.2, -0.15) is 0 Å². The quantitative estimate of drug-likeness (QED) is 0.871. The highest BCUT2D eigenvalue weighted by Gasteiger charge is 2.25. The lowest BCUT2D eigenvalue weighted by atomic mass is 9.92. The maximum absolute atomic E-state index is 12.7. The van der Waals surface area contributed by atoms with Gasteiger partial charge in [0.2, 0.25) is 5.91 Å². The molecule has 1 aliphatic rings. The van der Waals surface area contributed by atoms with E-state index in [1.807, 2.05) is 18.2 Å². The molecule has 1 heterocycles. The van der Waals surface area contributed by atoms with Gasteiger partial charge in [-0.15, -0.1) is 0 Å². The summed E-state index contributed by atoms with van der Waals surface area (Å²) < 4.78 is 0. The SMILES string of the molecule is CCC[C@H](C(=O)NC1CCN(C(C)C)CC1)c1ccccc1. The normalized spacial score (nSPS) is 18.4. The van der Waals surface area contributed by atoms with E-state index in [2.05, 4.69) is 43.1 Å². The molecule has 2 rings (SSSR count). The predicted molar refractivity (Wildman–Crippen MR) is 92.0 cm³/mol. The van der Waals surface area contributed by atoms with Crippen molar-refractivity contribution in [3.05, 3.63) is 35.9 Å². The average Bonchev–Trinajstić information content (AvgIpc) is 2.53. The molecule has 0 radical (unpaired) electrons. The minimum atomic E-state index is -0.00525. The summed E-state index contributed by atoms with van der Waals surface area (Å²) >= 11 is 0. The number of nitrogens with zero attached hydrogens (tertiary/aromatic N) is 1. The molecule has 0 bridgehead atoms. The maximum Gasteiger partial charge on any atom is 0.227 e. The van der Waals surface area contributed by atoms with Gasteiger partial charge in [0.15, 0.2) is 0 Å². The largest absolute Gasteiger partial charge is 0.353 e. The Morgan fingerprint density at radius 1 is 1.23 bits per heavy atom. The summed E-state index contributed by atoms with van der Waals surface area (Å²) in [6, 6.07) is 11.1. The Hall–Kier alpha value is -1.35. The van der Waals surface area contributed by atoms with Crippen molar-refractivity contribution in [3.8, 4) is 0 Å². The van der Waals surface area contributed by atoms with Gasteiger partial charge in [0.25, 0.3) is 0 Å². The molecule has 0 aliphatic carbocycles. The van der Waals surface area contributed by atoms with E-state index >= 15 is 0 Å². The summed E-state index contributed by atoms with van der Waals surface area (Å²) in [5.41, 5.74) is 1.14. The van der Waals surface area contributed by atoms with Crippen LogP contribution in [0, 0.1) is 0 Å². The number of amides is 1. The third kappa shape index (κ3) is 4.57. The summed E-state index contributed by atoms with van der Waals surface area (Å²) in [5.74, 6) is 0.199. The van der Waals surface area contributed by atoms with Crippen molar-refractivity contribution in [2.24, 2.45) is 0 Å². The fourth-order valence-corrected chi connectivity index (χ4v) is 3.29. The zero-order chi connectivity index (χ0) is 15.9. The number of hydrogen-bond acceptors (Lipinski definition) is 2. The summed E-state index contributed by atoms with van der Waals surface area (Å²) in [7, 11) is 0. The maximum atomic E-state index is 12.7. The summed E-state index contributed by atoms with van der Waals surface area (Å²) in [6.07, 6.45) is 4.08. The Kier molecular flexibility index (Phi) is 6.44. The van der Waals surface area contributed by atoms with E-state index in [-0.39, 0.29) is 11.8 Å². The van der Waals surface area contributed by atoms with Gasteiger partial charge < -0.3 is 10.2 Å². The molecule has 1 aromatic carbocycles. The van der Waals surface area contributed by atoms with Crippen molar-refractivity contribution in [3.63, 3.8) is 0 Å². The molecule has 0 saturated carbocycles. The highest BCUT2D eigenvalue weighted by Crippen LogP contribution is 2.22. The van der Waals surface area contributed by atoms with Crippen LogP contribution in [-0.2, 0) is 4.79 Å². The number of piperidine rings is 1. The fraction of sp³-hybridized carbons (Fsp3) is 0.632. The van der Waals surface area contributed by atoms with Crippen LogP contribution in [0.4, 0.5) is 0 Å². The molecule has 1 saturated heterocycles. The van der Waals surface area contributed by atoms with Gasteiger partial charge in [-0.3, -0.25) is 4.79 Å². The van der Waals surface area contributed by atoms with Gasteiger partial charge in [0.1, 0.15) is 0 Å². The first kappa shape index (κ1) is 17.0. The summed E-state index contributed by atoms with van der Waals surface area (Å²) in [4.78, 5) is 15.2. The Balaban J connectivity index is 1.92. The first-order valence-corrected chi connectivity index (χ1v) is 8.71. The minimum absolute atomic E-state index is 0.00525. The average molecular weight is 302 g/mol. The first-order valence-electron chi connectivity index (χ1n) is 8.71. The van der Waals surface area contributed by atoms with E-state index in [0.717, 1.165) is 44.3 Å². The number of rotatable bonds is 6. The number of carbonyl (C=O) groups is 1. The van der Waals surface area contributed by atoms with E-state index in [0.29, 0.717) is 12.1 Å². The predicted octanol–water partition coefficient (Wildman–Crippen LogP) is 3.56. The van der Waals surface area contributed by atoms with Crippen molar-refractivity contribution in [1.82, 2.24) is 10.2 Å². The standard InChI is InChI=1S/C19H30N2O/c1-4-8-18(16-9-6-5-7-10-16)19(22)20-17-11-13-21(14-12-17)15(2)3/h5-7,9-10,15,17-18H,4,8,11-14H2,1-3H3,(H,20,22)/t18-/m0/s1. The molecule has 3 heteroatoms. The molecule has 1 aromatic rings. The molecule has 0 unspecified atom stereocenters. The van der Waals surface area contributed by atoms with Crippen LogP contribution >= 0.6 is 0 Å². The smallest absolute Gasteiger partial charge is 0.227 e. The van der Waals surface area contributed by atoms with Crippen LogP contribution in [-0.4, -0.2) is 36.0 Å². The second-order valence-electron chi connectivity index (χ2n) is 6.66. The van der Waals surface area contributed by atoms with Gasteiger partial charge in [-0.1, -0.05) is 43.7 Å². The molecule has 1 fully saturated rings. The molecular weight excluding hydrogens is 272 g/mol. The Morgan fingerprint density at radius 3 is 2.41 bits per heavy atom. The van der Waals surface area contributed by atoms with Crippen molar-refractivity contribution in [2.45, 2.75) is 64.5 Å². The monoisotopic (exact) mass is 302 g/mol. The molecule has 1 atom stereocenters. The number of benzene rings is 1. The highest BCUT2D eigenvalue weighted by atomic mass is 16.1. The van der Waals surface area contributed by atoms with Gasteiger partial charge in [-0.05, 0) is 38.7 Å². The van der Waals surface area contributed by atoms with Crippen LogP contribution in [0.3, 0.4) is 0 Å². The van der Waals surface area contributed by atoms with Crippen molar-refractivity contribution >= 4 is 5.91 Å². The molecule has 122 valence electrons. The van der Waals surface area contributed by atoms with Crippen LogP contribution in [0.15, 0.2) is 30.3 Å². The zero-order valence-corrected chi connectivity index (χ0v) is 14.2. The van der Waals surface area contributed by atoms with Crippen LogP contribution < -0.4 is 5.32 Å². The van der Waals surface area contributed by atoms with Gasteiger partial charge >= 0.3 is 0 Å². The first-order chi connectivity index (χ1) is 10.6. The minimum Gasteiger partial charge on any atom is -0.353 e. The zero-order valence-electron chi connectivity index (χ0n) is 14.2. The van der Waals surface area contributed by atoms with E-state index in [1.54, 1.807) is 0 Å². The van der Waals surface area contributed by atoms with Crippen LogP contribution in [0.2, 0.25) is 0 Å². The van der Waals surface area contributed by atoms with Crippen LogP contribution in [0.1, 0.15) is 57.9 Å². The Labute approximate surface area is 135 Å². The molecular formula is C19H30N2O. The van der Waals surface area contributed by atoms with Crippen molar-refractivity contribution in [1.29, 1.82) is 0 Å². The van der Waals surface area contributed by atoms with E-state index < -0.39 is 0 Å². The Bertz CT molecular complexity index is 450. The second kappa shape index (κ2) is 8.33. The van der Waals surface area contributed by atoms with Crippen molar-refractivity contribution in [2.75, 3.05) is 13.1 Å². The molecule has 0 aromatic heterocycles. The van der Waals surface area contributed by atoms with E-state index in [1.165, 1.54) is 0 Å². The van der Waals surface area contributed by atoms with Gasteiger partial charge in [0.05, 0.1) is 5.92 Å². The highest BCUT2D eigenvalue weighted by molar-refractivity contribution is 5.83.